The molecule has 0 aromatic heterocycles. The van der Waals surface area contributed by atoms with Crippen LogP contribution >= 0.6 is 0 Å². The Labute approximate surface area is 63.3 Å². The maximum absolute atomic E-state index is 4.01. The van der Waals surface area contributed by atoms with Crippen molar-refractivity contribution in [2.75, 3.05) is 0 Å². The van der Waals surface area contributed by atoms with Crippen molar-refractivity contribution in [1.29, 1.82) is 0 Å². The highest BCUT2D eigenvalue weighted by Crippen LogP contribution is 2.61. The smallest absolute Gasteiger partial charge is 0.0135 e. The molecule has 0 amide bonds. The van der Waals surface area contributed by atoms with Crippen LogP contribution in [0.5, 0.6) is 0 Å². The summed E-state index contributed by atoms with van der Waals surface area (Å²) >= 11 is 0. The first-order valence-electron chi connectivity index (χ1n) is 4.43. The first-order chi connectivity index (χ1) is 4.75. The van der Waals surface area contributed by atoms with Crippen LogP contribution in [0.15, 0.2) is 12.2 Å². The van der Waals surface area contributed by atoms with Gasteiger partial charge < -0.3 is 0 Å². The molecule has 0 aromatic carbocycles. The highest BCUT2D eigenvalue weighted by molar-refractivity contribution is 5.25. The lowest BCUT2D eigenvalue weighted by Gasteiger charge is -1.88. The average Bonchev–Trinajstić information content (AvgIpc) is 2.72. The Morgan fingerprint density at radius 1 is 1.60 bits per heavy atom. The Balaban J connectivity index is 1.92. The van der Waals surface area contributed by atoms with E-state index in [1.54, 1.807) is 0 Å². The van der Waals surface area contributed by atoms with E-state index in [0.29, 0.717) is 0 Å². The fraction of sp³-hybridized carbons (Fsp3) is 0.800. The summed E-state index contributed by atoms with van der Waals surface area (Å²) in [6, 6.07) is 0. The molecule has 2 saturated carbocycles. The highest BCUT2D eigenvalue weighted by Gasteiger charge is 2.54. The molecule has 2 aliphatic carbocycles. The number of hydrogen-bond acceptors (Lipinski definition) is 0. The van der Waals surface area contributed by atoms with Crippen LogP contribution in [0.2, 0.25) is 0 Å². The maximum Gasteiger partial charge on any atom is -0.0135 e. The molecule has 2 rings (SSSR count). The van der Waals surface area contributed by atoms with E-state index in [0.717, 1.165) is 23.7 Å². The summed E-state index contributed by atoms with van der Waals surface area (Å²) in [5, 5.41) is 0. The van der Waals surface area contributed by atoms with Crippen molar-refractivity contribution in [3.8, 4) is 0 Å². The van der Waals surface area contributed by atoms with E-state index in [1.807, 2.05) is 0 Å². The Morgan fingerprint density at radius 2 is 2.20 bits per heavy atom. The van der Waals surface area contributed by atoms with Crippen LogP contribution in [0.25, 0.3) is 0 Å². The maximum atomic E-state index is 4.01. The van der Waals surface area contributed by atoms with Gasteiger partial charge in [-0.3, -0.25) is 0 Å². The molecule has 0 radical (unpaired) electrons. The lowest BCUT2D eigenvalue weighted by molar-refractivity contribution is 0.628. The second-order valence-corrected chi connectivity index (χ2v) is 3.98. The van der Waals surface area contributed by atoms with E-state index >= 15 is 0 Å². The second kappa shape index (κ2) is 1.87. The quantitative estimate of drug-likeness (QED) is 0.512. The lowest BCUT2D eigenvalue weighted by atomic mass is 10.2. The highest BCUT2D eigenvalue weighted by atomic mass is 14.6. The Kier molecular flexibility index (Phi) is 1.21. The molecule has 0 heterocycles. The Hall–Kier alpha value is -0.260. The molecule has 0 aliphatic heterocycles. The van der Waals surface area contributed by atoms with Crippen LogP contribution in [0.4, 0.5) is 0 Å². The van der Waals surface area contributed by atoms with Crippen LogP contribution in [0.1, 0.15) is 26.7 Å². The van der Waals surface area contributed by atoms with E-state index in [1.165, 1.54) is 18.4 Å². The monoisotopic (exact) mass is 136 g/mol. The minimum Gasteiger partial charge on any atom is -0.0995 e. The predicted molar refractivity (Wildman–Crippen MR) is 43.7 cm³/mol. The summed E-state index contributed by atoms with van der Waals surface area (Å²) < 4.78 is 0. The zero-order valence-electron chi connectivity index (χ0n) is 6.93. The minimum absolute atomic E-state index is 0.944. The summed E-state index contributed by atoms with van der Waals surface area (Å²) in [7, 11) is 0. The van der Waals surface area contributed by atoms with E-state index in [2.05, 4.69) is 20.4 Å². The van der Waals surface area contributed by atoms with Gasteiger partial charge in [0.05, 0.1) is 0 Å². The molecule has 0 bridgehead atoms. The molecule has 4 unspecified atom stereocenters. The zero-order valence-corrected chi connectivity index (χ0v) is 6.93. The fourth-order valence-electron chi connectivity index (χ4n) is 2.52. The van der Waals surface area contributed by atoms with Gasteiger partial charge in [0.25, 0.3) is 0 Å². The first kappa shape index (κ1) is 6.45. The van der Waals surface area contributed by atoms with Crippen molar-refractivity contribution < 1.29 is 0 Å². The lowest BCUT2D eigenvalue weighted by Crippen LogP contribution is -1.82. The van der Waals surface area contributed by atoms with Crippen molar-refractivity contribution in [3.63, 3.8) is 0 Å². The predicted octanol–water partition coefficient (Wildman–Crippen LogP) is 2.85. The van der Waals surface area contributed by atoms with E-state index < -0.39 is 0 Å². The third-order valence-corrected chi connectivity index (χ3v) is 3.42. The summed E-state index contributed by atoms with van der Waals surface area (Å²) in [6.07, 6.45) is 2.72. The van der Waals surface area contributed by atoms with Crippen molar-refractivity contribution in [2.45, 2.75) is 26.7 Å². The fourth-order valence-corrected chi connectivity index (χ4v) is 2.52. The largest absolute Gasteiger partial charge is 0.0995 e. The molecule has 56 valence electrons. The summed E-state index contributed by atoms with van der Waals surface area (Å²) in [6.45, 7) is 8.72. The molecule has 4 atom stereocenters. The molecule has 0 aromatic rings. The van der Waals surface area contributed by atoms with Crippen molar-refractivity contribution in [1.82, 2.24) is 0 Å². The van der Waals surface area contributed by atoms with Gasteiger partial charge in [0.1, 0.15) is 0 Å². The van der Waals surface area contributed by atoms with Gasteiger partial charge in [0.15, 0.2) is 0 Å². The summed E-state index contributed by atoms with van der Waals surface area (Å²) in [4.78, 5) is 0. The van der Waals surface area contributed by atoms with Crippen molar-refractivity contribution >= 4 is 0 Å². The number of rotatable bonds is 2. The molecule has 10 heavy (non-hydrogen) atoms. The Morgan fingerprint density at radius 3 is 2.50 bits per heavy atom. The van der Waals surface area contributed by atoms with Gasteiger partial charge in [0, 0.05) is 0 Å². The number of allylic oxidation sites excluding steroid dienone is 1. The van der Waals surface area contributed by atoms with Gasteiger partial charge in [0.2, 0.25) is 0 Å². The van der Waals surface area contributed by atoms with Gasteiger partial charge in [-0.2, -0.15) is 0 Å². The zero-order chi connectivity index (χ0) is 7.30. The first-order valence-corrected chi connectivity index (χ1v) is 4.43. The topological polar surface area (TPSA) is 0 Å². The minimum atomic E-state index is 0.944. The third kappa shape index (κ3) is 0.744. The molecule has 0 N–H and O–H groups in total. The molecule has 0 spiro atoms. The van der Waals surface area contributed by atoms with Gasteiger partial charge in [-0.1, -0.05) is 32.4 Å². The average molecular weight is 136 g/mol. The van der Waals surface area contributed by atoms with Gasteiger partial charge in [-0.25, -0.2) is 0 Å². The van der Waals surface area contributed by atoms with Crippen LogP contribution in [-0.2, 0) is 0 Å². The standard InChI is InChI=1S/C10H16/c1-4-8-7(3)10(8)9-5-6(9)2/h7-10H,2,4-5H2,1,3H3. The molecular formula is C10H16. The molecule has 2 fully saturated rings. The van der Waals surface area contributed by atoms with Crippen molar-refractivity contribution in [3.05, 3.63) is 12.2 Å². The molecule has 2 aliphatic rings. The van der Waals surface area contributed by atoms with Gasteiger partial charge in [-0.05, 0) is 30.1 Å². The van der Waals surface area contributed by atoms with Gasteiger partial charge >= 0.3 is 0 Å². The third-order valence-electron chi connectivity index (χ3n) is 3.42. The molecule has 0 heteroatoms. The van der Waals surface area contributed by atoms with Crippen LogP contribution in [0, 0.1) is 23.7 Å². The van der Waals surface area contributed by atoms with E-state index in [9.17, 15) is 0 Å². The summed E-state index contributed by atoms with van der Waals surface area (Å²) in [5.41, 5.74) is 1.52. The van der Waals surface area contributed by atoms with E-state index in [-0.39, 0.29) is 0 Å². The van der Waals surface area contributed by atoms with E-state index in [4.69, 9.17) is 0 Å². The number of hydrogen-bond donors (Lipinski definition) is 0. The molecule has 0 nitrogen and oxygen atoms in total. The van der Waals surface area contributed by atoms with Crippen LogP contribution < -0.4 is 0 Å². The van der Waals surface area contributed by atoms with Crippen molar-refractivity contribution in [2.24, 2.45) is 23.7 Å². The Bertz CT molecular complexity index is 169. The summed E-state index contributed by atoms with van der Waals surface area (Å²) in [5.74, 6) is 4.04. The SMILES string of the molecule is C=C1CC1C1C(C)C1CC. The van der Waals surface area contributed by atoms with Crippen LogP contribution in [0.3, 0.4) is 0 Å². The van der Waals surface area contributed by atoms with Crippen LogP contribution in [-0.4, -0.2) is 0 Å². The normalized spacial score (nSPS) is 51.2. The van der Waals surface area contributed by atoms with Gasteiger partial charge in [-0.15, -0.1) is 0 Å². The molecule has 0 saturated heterocycles. The second-order valence-electron chi connectivity index (χ2n) is 3.98. The molecular weight excluding hydrogens is 120 g/mol.